The zero-order valence-electron chi connectivity index (χ0n) is 16.5. The lowest BCUT2D eigenvalue weighted by Crippen LogP contribution is -2.27. The molecule has 0 radical (unpaired) electrons. The van der Waals surface area contributed by atoms with Crippen LogP contribution in [0.15, 0.2) is 24.0 Å². The molecule has 0 bridgehead atoms. The van der Waals surface area contributed by atoms with Crippen molar-refractivity contribution in [3.8, 4) is 0 Å². The van der Waals surface area contributed by atoms with Crippen LogP contribution in [0.2, 0.25) is 0 Å². The van der Waals surface area contributed by atoms with Crippen molar-refractivity contribution in [1.82, 2.24) is 0 Å². The quantitative estimate of drug-likeness (QED) is 0.509. The molecule has 1 N–H and O–H groups in total. The summed E-state index contributed by atoms with van der Waals surface area (Å²) in [4.78, 5) is 11.1. The van der Waals surface area contributed by atoms with E-state index in [2.05, 4.69) is 34.3 Å². The molecule has 0 aromatic rings. The van der Waals surface area contributed by atoms with Gasteiger partial charge in [-0.15, -0.1) is 6.58 Å². The molecule has 0 heterocycles. The maximum absolute atomic E-state index is 11.1. The first-order chi connectivity index (χ1) is 10.4. The van der Waals surface area contributed by atoms with Crippen molar-refractivity contribution in [3.63, 3.8) is 0 Å². The molecule has 23 heavy (non-hydrogen) atoms. The van der Waals surface area contributed by atoms with E-state index in [1.54, 1.807) is 6.08 Å². The molecule has 1 fully saturated rings. The van der Waals surface area contributed by atoms with Gasteiger partial charge in [0.15, 0.2) is 0 Å². The van der Waals surface area contributed by atoms with E-state index in [1.807, 2.05) is 20.8 Å². The molecule has 2 aliphatic carbocycles. The Morgan fingerprint density at radius 2 is 1.61 bits per heavy atom. The summed E-state index contributed by atoms with van der Waals surface area (Å²) in [5, 5.41) is 9.29. The first-order valence-corrected chi connectivity index (χ1v) is 8.91. The average Bonchev–Trinajstić information content (AvgIpc) is 2.40. The van der Waals surface area contributed by atoms with E-state index in [-0.39, 0.29) is 0 Å². The Kier molecular flexibility index (Phi) is 8.87. The summed E-state index contributed by atoms with van der Waals surface area (Å²) in [6.07, 6.45) is 7.75. The molecule has 2 aliphatic rings. The number of allylic oxidation sites excluding steroid dienone is 3. The first-order valence-electron chi connectivity index (χ1n) is 8.91. The molecule has 2 rings (SSSR count). The molecular formula is C21H38O2. The minimum absolute atomic E-state index is 0.309. The molecule has 2 nitrogen and oxygen atoms in total. The molecule has 0 aliphatic heterocycles. The highest BCUT2D eigenvalue weighted by atomic mass is 16.3. The molecule has 134 valence electrons. The van der Waals surface area contributed by atoms with E-state index in [4.69, 9.17) is 0 Å². The fourth-order valence-corrected chi connectivity index (χ4v) is 3.33. The van der Waals surface area contributed by atoms with Crippen molar-refractivity contribution in [1.29, 1.82) is 0 Å². The monoisotopic (exact) mass is 322 g/mol. The van der Waals surface area contributed by atoms with Crippen LogP contribution in [0.4, 0.5) is 0 Å². The van der Waals surface area contributed by atoms with Crippen molar-refractivity contribution in [2.45, 2.75) is 87.0 Å². The number of hydrogen-bond donors (Lipinski definition) is 1. The third kappa shape index (κ3) is 8.98. The highest BCUT2D eigenvalue weighted by Crippen LogP contribution is 2.37. The molecule has 0 saturated heterocycles. The number of ketones is 1. The van der Waals surface area contributed by atoms with Gasteiger partial charge >= 0.3 is 0 Å². The Labute approximate surface area is 144 Å². The van der Waals surface area contributed by atoms with Crippen molar-refractivity contribution in [2.24, 2.45) is 16.7 Å². The minimum atomic E-state index is 0.309. The smallest absolute Gasteiger partial charge is 0.135 e. The number of aliphatic hydroxyl groups is 1. The lowest BCUT2D eigenvalue weighted by Gasteiger charge is -2.32. The maximum Gasteiger partial charge on any atom is 0.135 e. The Bertz CT molecular complexity index is 427. The van der Waals surface area contributed by atoms with Crippen molar-refractivity contribution < 1.29 is 9.90 Å². The van der Waals surface area contributed by atoms with E-state index in [9.17, 15) is 9.90 Å². The largest absolute Gasteiger partial charge is 0.512 e. The SMILES string of the molecule is C=CC.CC1=C(O)CCC(C)(C)C1.CC1CC(C)(C)CCC1=O. The van der Waals surface area contributed by atoms with E-state index in [0.29, 0.717) is 28.3 Å². The molecule has 1 atom stereocenters. The zero-order valence-corrected chi connectivity index (χ0v) is 16.5. The van der Waals surface area contributed by atoms with Gasteiger partial charge in [-0.3, -0.25) is 4.79 Å². The third-order valence-electron chi connectivity index (χ3n) is 4.73. The first kappa shape index (κ1) is 21.9. The normalized spacial score (nSPS) is 25.5. The second-order valence-electron chi connectivity index (χ2n) is 8.71. The van der Waals surface area contributed by atoms with Crippen molar-refractivity contribution in [2.75, 3.05) is 0 Å². The minimum Gasteiger partial charge on any atom is -0.512 e. The Morgan fingerprint density at radius 1 is 1.13 bits per heavy atom. The van der Waals surface area contributed by atoms with Crippen LogP contribution >= 0.6 is 0 Å². The predicted octanol–water partition coefficient (Wildman–Crippen LogP) is 6.62. The summed E-state index contributed by atoms with van der Waals surface area (Å²) >= 11 is 0. The molecule has 1 unspecified atom stereocenters. The second-order valence-corrected chi connectivity index (χ2v) is 8.71. The standard InChI is InChI=1S/2C9H16O.C3H6/c2*1-7-6-9(2,3)5-4-8(7)10;1-3-2/h10H,4-6H2,1-3H3;7H,4-6H2,1-3H3;3H,1H2,2H3. The van der Waals surface area contributed by atoms with Crippen LogP contribution in [0.25, 0.3) is 0 Å². The van der Waals surface area contributed by atoms with Gasteiger partial charge in [-0.25, -0.2) is 0 Å². The van der Waals surface area contributed by atoms with Crippen LogP contribution in [0, 0.1) is 16.7 Å². The maximum atomic E-state index is 11.1. The average molecular weight is 323 g/mol. The van der Waals surface area contributed by atoms with Gasteiger partial charge in [-0.05, 0) is 55.9 Å². The van der Waals surface area contributed by atoms with Crippen LogP contribution in [0.5, 0.6) is 0 Å². The lowest BCUT2D eigenvalue weighted by molar-refractivity contribution is -0.126. The number of rotatable bonds is 0. The van der Waals surface area contributed by atoms with E-state index in [1.165, 1.54) is 5.57 Å². The zero-order chi connectivity index (χ0) is 18.3. The van der Waals surface area contributed by atoms with Crippen LogP contribution in [0.1, 0.15) is 87.0 Å². The number of carbonyl (C=O) groups is 1. The van der Waals surface area contributed by atoms with E-state index >= 15 is 0 Å². The number of carbonyl (C=O) groups excluding carboxylic acids is 1. The Morgan fingerprint density at radius 3 is 1.96 bits per heavy atom. The highest BCUT2D eigenvalue weighted by molar-refractivity contribution is 5.81. The summed E-state index contributed by atoms with van der Waals surface area (Å²) in [7, 11) is 0. The summed E-state index contributed by atoms with van der Waals surface area (Å²) in [6, 6.07) is 0. The van der Waals surface area contributed by atoms with Gasteiger partial charge in [-0.2, -0.15) is 0 Å². The van der Waals surface area contributed by atoms with Crippen LogP contribution in [-0.2, 0) is 4.79 Å². The third-order valence-corrected chi connectivity index (χ3v) is 4.73. The molecule has 0 aromatic carbocycles. The second kappa shape index (κ2) is 9.30. The topological polar surface area (TPSA) is 37.3 Å². The molecule has 2 heteroatoms. The Hall–Kier alpha value is -1.05. The van der Waals surface area contributed by atoms with Gasteiger partial charge in [0.05, 0.1) is 5.76 Å². The molecule has 1 saturated carbocycles. The van der Waals surface area contributed by atoms with Crippen LogP contribution < -0.4 is 0 Å². The molecule has 0 amide bonds. The van der Waals surface area contributed by atoms with Gasteiger partial charge in [0.25, 0.3) is 0 Å². The summed E-state index contributed by atoms with van der Waals surface area (Å²) in [5.41, 5.74) is 2.00. The van der Waals surface area contributed by atoms with Crippen LogP contribution in [0.3, 0.4) is 0 Å². The van der Waals surface area contributed by atoms with Crippen molar-refractivity contribution >= 4 is 5.78 Å². The number of hydrogen-bond acceptors (Lipinski definition) is 2. The van der Waals surface area contributed by atoms with Gasteiger partial charge in [0, 0.05) is 18.8 Å². The van der Waals surface area contributed by atoms with Crippen molar-refractivity contribution in [3.05, 3.63) is 24.0 Å². The van der Waals surface area contributed by atoms with E-state index < -0.39 is 0 Å². The molecular weight excluding hydrogens is 284 g/mol. The summed E-state index contributed by atoms with van der Waals surface area (Å²) in [6.45, 7) is 18.3. The highest BCUT2D eigenvalue weighted by Gasteiger charge is 2.30. The van der Waals surface area contributed by atoms with Gasteiger partial charge < -0.3 is 5.11 Å². The molecule has 0 spiro atoms. The van der Waals surface area contributed by atoms with E-state index in [0.717, 1.165) is 38.5 Å². The fraction of sp³-hybridized carbons (Fsp3) is 0.762. The molecule has 0 aromatic heterocycles. The summed E-state index contributed by atoms with van der Waals surface area (Å²) in [5.74, 6) is 1.39. The fourth-order valence-electron chi connectivity index (χ4n) is 3.33. The summed E-state index contributed by atoms with van der Waals surface area (Å²) < 4.78 is 0. The van der Waals surface area contributed by atoms with Crippen LogP contribution in [-0.4, -0.2) is 10.9 Å². The van der Waals surface area contributed by atoms with Gasteiger partial charge in [0.2, 0.25) is 0 Å². The lowest BCUT2D eigenvalue weighted by atomic mass is 9.72. The predicted molar refractivity (Wildman–Crippen MR) is 101 cm³/mol. The number of aliphatic hydroxyl groups excluding tert-OH is 1. The van der Waals surface area contributed by atoms with Gasteiger partial charge in [-0.1, -0.05) is 40.7 Å². The van der Waals surface area contributed by atoms with Gasteiger partial charge in [0.1, 0.15) is 5.78 Å². The number of Topliss-reactive ketones (excluding diaryl/α,β-unsaturated/α-hetero) is 1. The Balaban J connectivity index is 0.000000360.